The van der Waals surface area contributed by atoms with Crippen LogP contribution in [0.4, 0.5) is 13.2 Å². The molecule has 1 aliphatic heterocycles. The molecule has 0 radical (unpaired) electrons. The zero-order valence-electron chi connectivity index (χ0n) is 15.1. The second kappa shape index (κ2) is 11.5. The van der Waals surface area contributed by atoms with Gasteiger partial charge in [-0.15, -0.1) is 24.0 Å². The fraction of sp³-hybridized carbons (Fsp3) is 0.938. The second-order valence-corrected chi connectivity index (χ2v) is 6.83. The Hall–Kier alpha value is -0.330. The summed E-state index contributed by atoms with van der Waals surface area (Å²) in [6, 6.07) is -0.0802. The molecule has 1 saturated carbocycles. The number of guanidine groups is 1. The van der Waals surface area contributed by atoms with Gasteiger partial charge in [-0.2, -0.15) is 13.2 Å². The molecule has 0 aromatic rings. The van der Waals surface area contributed by atoms with Crippen LogP contribution in [0.5, 0.6) is 0 Å². The van der Waals surface area contributed by atoms with Crippen LogP contribution in [-0.4, -0.2) is 80.2 Å². The zero-order chi connectivity index (χ0) is 18.3. The predicted octanol–water partition coefficient (Wildman–Crippen LogP) is 1.58. The summed E-state index contributed by atoms with van der Waals surface area (Å²) in [6.07, 6.45) is -1.81. The molecule has 2 fully saturated rings. The van der Waals surface area contributed by atoms with E-state index in [0.29, 0.717) is 44.5 Å². The number of hydrogen-bond acceptors (Lipinski definition) is 4. The number of hydrogen-bond donors (Lipinski definition) is 3. The number of likely N-dealkylation sites (tertiary alicyclic amines) is 1. The maximum absolute atomic E-state index is 12.4. The van der Waals surface area contributed by atoms with Crippen LogP contribution >= 0.6 is 24.0 Å². The van der Waals surface area contributed by atoms with E-state index in [4.69, 9.17) is 4.74 Å². The van der Waals surface area contributed by atoms with Gasteiger partial charge >= 0.3 is 6.18 Å². The van der Waals surface area contributed by atoms with Crippen molar-refractivity contribution in [2.45, 2.75) is 44.5 Å². The third-order valence-electron chi connectivity index (χ3n) is 4.18. The van der Waals surface area contributed by atoms with Gasteiger partial charge in [0.25, 0.3) is 0 Å². The molecule has 0 aromatic heterocycles. The first-order valence-corrected chi connectivity index (χ1v) is 8.95. The number of alkyl halides is 3. The minimum absolute atomic E-state index is 0. The van der Waals surface area contributed by atoms with Gasteiger partial charge in [-0.25, -0.2) is 0 Å². The number of rotatable bonds is 9. The Labute approximate surface area is 170 Å². The fourth-order valence-electron chi connectivity index (χ4n) is 2.77. The molecule has 2 aliphatic rings. The monoisotopic (exact) mass is 494 g/mol. The van der Waals surface area contributed by atoms with E-state index >= 15 is 0 Å². The van der Waals surface area contributed by atoms with E-state index < -0.39 is 18.8 Å². The van der Waals surface area contributed by atoms with Gasteiger partial charge in [0, 0.05) is 32.3 Å². The van der Waals surface area contributed by atoms with Gasteiger partial charge in [-0.05, 0) is 32.1 Å². The summed E-state index contributed by atoms with van der Waals surface area (Å²) in [7, 11) is 0. The van der Waals surface area contributed by atoms with Crippen molar-refractivity contribution < 1.29 is 23.0 Å². The van der Waals surface area contributed by atoms with Crippen molar-refractivity contribution in [3.8, 4) is 0 Å². The normalized spacial score (nSPS) is 22.8. The van der Waals surface area contributed by atoms with E-state index in [9.17, 15) is 18.3 Å². The van der Waals surface area contributed by atoms with Gasteiger partial charge < -0.3 is 20.5 Å². The third kappa shape index (κ3) is 10.1. The summed E-state index contributed by atoms with van der Waals surface area (Å²) in [6.45, 7) is 3.55. The molecule has 3 N–H and O–H groups in total. The SMILES string of the molecule is CCNC(=NCC(O)COCC1CC1)NC1CCN(CC(F)(F)F)C1.I. The number of aliphatic imine (C=N–C) groups is 1. The molecule has 2 atom stereocenters. The van der Waals surface area contributed by atoms with Gasteiger partial charge in [0.15, 0.2) is 5.96 Å². The topological polar surface area (TPSA) is 69.1 Å². The maximum Gasteiger partial charge on any atom is 0.401 e. The molecule has 0 aromatic carbocycles. The molecule has 2 rings (SSSR count). The Bertz CT molecular complexity index is 436. The number of nitrogens with one attached hydrogen (secondary N) is 2. The van der Waals surface area contributed by atoms with Crippen molar-refractivity contribution in [2.75, 3.05) is 45.9 Å². The molecular weight excluding hydrogens is 464 g/mol. The Morgan fingerprint density at radius 1 is 1.35 bits per heavy atom. The Balaban J connectivity index is 0.00000338. The summed E-state index contributed by atoms with van der Waals surface area (Å²) >= 11 is 0. The molecule has 1 aliphatic carbocycles. The number of aliphatic hydroxyl groups is 1. The number of halogens is 4. The average Bonchev–Trinajstić information content (AvgIpc) is 3.24. The number of aliphatic hydroxyl groups excluding tert-OH is 1. The molecule has 10 heteroatoms. The molecule has 2 unspecified atom stereocenters. The van der Waals surface area contributed by atoms with Crippen LogP contribution in [0.15, 0.2) is 4.99 Å². The molecule has 1 saturated heterocycles. The molecule has 26 heavy (non-hydrogen) atoms. The Morgan fingerprint density at radius 2 is 2.08 bits per heavy atom. The quantitative estimate of drug-likeness (QED) is 0.258. The van der Waals surface area contributed by atoms with Crippen LogP contribution in [0.2, 0.25) is 0 Å². The van der Waals surface area contributed by atoms with Crippen molar-refractivity contribution in [2.24, 2.45) is 10.9 Å². The van der Waals surface area contributed by atoms with E-state index in [1.165, 1.54) is 17.7 Å². The van der Waals surface area contributed by atoms with E-state index in [2.05, 4.69) is 15.6 Å². The van der Waals surface area contributed by atoms with E-state index in [1.807, 2.05) is 6.92 Å². The highest BCUT2D eigenvalue weighted by atomic mass is 127. The number of nitrogens with zero attached hydrogens (tertiary/aromatic N) is 2. The van der Waals surface area contributed by atoms with Crippen molar-refractivity contribution in [3.63, 3.8) is 0 Å². The molecule has 0 bridgehead atoms. The van der Waals surface area contributed by atoms with E-state index in [1.54, 1.807) is 0 Å². The highest BCUT2D eigenvalue weighted by molar-refractivity contribution is 14.0. The Kier molecular flexibility index (Phi) is 10.5. The highest BCUT2D eigenvalue weighted by Crippen LogP contribution is 2.28. The summed E-state index contributed by atoms with van der Waals surface area (Å²) in [4.78, 5) is 5.70. The summed E-state index contributed by atoms with van der Waals surface area (Å²) in [5.74, 6) is 1.17. The van der Waals surface area contributed by atoms with Crippen LogP contribution in [0.3, 0.4) is 0 Å². The van der Waals surface area contributed by atoms with Gasteiger partial charge in [0.1, 0.15) is 0 Å². The molecule has 0 amide bonds. The van der Waals surface area contributed by atoms with Gasteiger partial charge in [-0.3, -0.25) is 9.89 Å². The average molecular weight is 494 g/mol. The van der Waals surface area contributed by atoms with Crippen LogP contribution in [0.25, 0.3) is 0 Å². The van der Waals surface area contributed by atoms with Crippen LogP contribution < -0.4 is 10.6 Å². The van der Waals surface area contributed by atoms with Crippen LogP contribution in [-0.2, 0) is 4.74 Å². The molecule has 6 nitrogen and oxygen atoms in total. The van der Waals surface area contributed by atoms with Gasteiger partial charge in [0.2, 0.25) is 0 Å². The standard InChI is InChI=1S/C16H29F3N4O2.HI/c1-2-20-15(21-7-14(24)10-25-9-12-3-4-12)22-13-5-6-23(8-13)11-16(17,18)19;/h12-14,24H,2-11H2,1H3,(H2,20,21,22);1H. The molecule has 154 valence electrons. The van der Waals surface area contributed by atoms with Crippen molar-refractivity contribution >= 4 is 29.9 Å². The predicted molar refractivity (Wildman–Crippen MR) is 105 cm³/mol. The molecule has 1 heterocycles. The minimum Gasteiger partial charge on any atom is -0.389 e. The van der Waals surface area contributed by atoms with Crippen LogP contribution in [0.1, 0.15) is 26.2 Å². The lowest BCUT2D eigenvalue weighted by Gasteiger charge is -2.20. The van der Waals surface area contributed by atoms with Crippen molar-refractivity contribution in [1.82, 2.24) is 15.5 Å². The zero-order valence-corrected chi connectivity index (χ0v) is 17.4. The lowest BCUT2D eigenvalue weighted by atomic mass is 10.3. The first-order chi connectivity index (χ1) is 11.9. The van der Waals surface area contributed by atoms with Crippen LogP contribution in [0, 0.1) is 5.92 Å². The van der Waals surface area contributed by atoms with E-state index in [0.717, 1.165) is 0 Å². The number of ether oxygens (including phenoxy) is 1. The largest absolute Gasteiger partial charge is 0.401 e. The summed E-state index contributed by atoms with van der Waals surface area (Å²) < 4.78 is 42.8. The maximum atomic E-state index is 12.4. The Morgan fingerprint density at radius 3 is 2.69 bits per heavy atom. The smallest absolute Gasteiger partial charge is 0.389 e. The van der Waals surface area contributed by atoms with Crippen molar-refractivity contribution in [3.05, 3.63) is 0 Å². The third-order valence-corrected chi connectivity index (χ3v) is 4.18. The first-order valence-electron chi connectivity index (χ1n) is 8.95. The molecule has 0 spiro atoms. The van der Waals surface area contributed by atoms with E-state index in [-0.39, 0.29) is 43.2 Å². The molecular formula is C16H30F3IN4O2. The fourth-order valence-corrected chi connectivity index (χ4v) is 2.77. The minimum atomic E-state index is -4.17. The second-order valence-electron chi connectivity index (χ2n) is 6.83. The van der Waals surface area contributed by atoms with Gasteiger partial charge in [0.05, 0.1) is 25.8 Å². The lowest BCUT2D eigenvalue weighted by molar-refractivity contribution is -0.143. The highest BCUT2D eigenvalue weighted by Gasteiger charge is 2.34. The summed E-state index contributed by atoms with van der Waals surface area (Å²) in [5, 5.41) is 16.1. The first kappa shape index (κ1) is 23.7. The lowest BCUT2D eigenvalue weighted by Crippen LogP contribution is -2.45. The van der Waals surface area contributed by atoms with Crippen molar-refractivity contribution in [1.29, 1.82) is 0 Å². The summed E-state index contributed by atoms with van der Waals surface area (Å²) in [5.41, 5.74) is 0. The van der Waals surface area contributed by atoms with Gasteiger partial charge in [-0.1, -0.05) is 0 Å².